The molecule has 4 heterocycles. The fourth-order valence-corrected chi connectivity index (χ4v) is 7.32. The zero-order valence-electron chi connectivity index (χ0n) is 24.8. The van der Waals surface area contributed by atoms with Crippen molar-refractivity contribution >= 4 is 66.5 Å². The number of piperazine rings is 1. The van der Waals surface area contributed by atoms with E-state index in [9.17, 15) is 18.0 Å². The number of ether oxygens (including phenoxy) is 1. The van der Waals surface area contributed by atoms with Gasteiger partial charge in [0.15, 0.2) is 5.82 Å². The number of amides is 2. The number of rotatable bonds is 3. The Hall–Kier alpha value is -4.03. The third kappa shape index (κ3) is 5.19. The van der Waals surface area contributed by atoms with E-state index in [1.165, 1.54) is 22.2 Å². The van der Waals surface area contributed by atoms with Gasteiger partial charge in [-0.2, -0.15) is 0 Å². The highest BCUT2D eigenvalue weighted by atomic mass is 35.5. The van der Waals surface area contributed by atoms with Gasteiger partial charge in [-0.1, -0.05) is 41.9 Å². The Morgan fingerprint density at radius 2 is 1.82 bits per heavy atom. The molecule has 2 aliphatic heterocycles. The number of likely N-dealkylation sites (N-methyl/N-ethyl adjacent to an activating group) is 1. The maximum atomic E-state index is 16.4. The summed E-state index contributed by atoms with van der Waals surface area (Å²) in [6.45, 7) is 5.01. The van der Waals surface area contributed by atoms with Crippen LogP contribution < -0.4 is 9.80 Å². The minimum atomic E-state index is -3.55. The van der Waals surface area contributed by atoms with Crippen molar-refractivity contribution in [1.29, 1.82) is 0 Å². The molecule has 2 amide bonds. The maximum Gasteiger partial charge on any atom is 0.410 e. The molecule has 44 heavy (non-hydrogen) atoms. The number of anilines is 2. The van der Waals surface area contributed by atoms with Crippen LogP contribution in [-0.2, 0) is 19.4 Å². The number of fused-ring (bicyclic) bond motifs is 6. The molecule has 10 nitrogen and oxygen atoms in total. The topological polar surface area (TPSA) is 113 Å². The highest BCUT2D eigenvalue weighted by Crippen LogP contribution is 2.44. The first-order valence-corrected chi connectivity index (χ1v) is 16.4. The third-order valence-electron chi connectivity index (χ3n) is 7.90. The number of hydrogen-bond donors (Lipinski definition) is 0. The summed E-state index contributed by atoms with van der Waals surface area (Å²) >= 11 is 6.52. The number of hydrogen-bond acceptors (Lipinski definition) is 8. The minimum absolute atomic E-state index is 0.00895. The van der Waals surface area contributed by atoms with Crippen LogP contribution in [0.5, 0.6) is 0 Å². The Bertz CT molecular complexity index is 1960. The molecule has 0 radical (unpaired) electrons. The molecule has 0 bridgehead atoms. The van der Waals surface area contributed by atoms with Gasteiger partial charge in [-0.3, -0.25) is 19.7 Å². The van der Waals surface area contributed by atoms with E-state index in [0.717, 1.165) is 11.6 Å². The molecule has 0 saturated carbocycles. The van der Waals surface area contributed by atoms with Crippen LogP contribution >= 0.6 is 11.6 Å². The lowest BCUT2D eigenvalue weighted by Crippen LogP contribution is -2.67. The zero-order valence-corrected chi connectivity index (χ0v) is 26.4. The molecule has 0 aliphatic carbocycles. The van der Waals surface area contributed by atoms with Crippen molar-refractivity contribution in [2.75, 3.05) is 41.9 Å². The smallest absolute Gasteiger partial charge is 0.410 e. The van der Waals surface area contributed by atoms with E-state index in [1.54, 1.807) is 50.9 Å². The van der Waals surface area contributed by atoms with E-state index in [4.69, 9.17) is 16.3 Å². The van der Waals surface area contributed by atoms with Crippen molar-refractivity contribution in [2.45, 2.75) is 38.5 Å². The Morgan fingerprint density at radius 3 is 2.50 bits per heavy atom. The summed E-state index contributed by atoms with van der Waals surface area (Å²) in [6.07, 6.45) is 3.33. The summed E-state index contributed by atoms with van der Waals surface area (Å²) < 4.78 is 46.9. The molecule has 230 valence electrons. The number of halogens is 2. The minimum Gasteiger partial charge on any atom is -0.444 e. The molecule has 1 fully saturated rings. The van der Waals surface area contributed by atoms with Crippen molar-refractivity contribution in [3.63, 3.8) is 0 Å². The molecule has 2 aromatic carbocycles. The third-order valence-corrected chi connectivity index (χ3v) is 9.20. The molecule has 13 heteroatoms. The van der Waals surface area contributed by atoms with Gasteiger partial charge < -0.3 is 14.5 Å². The summed E-state index contributed by atoms with van der Waals surface area (Å²) in [5, 5.41) is 2.30. The molecule has 0 N–H and O–H groups in total. The first kappa shape index (κ1) is 30.0. The summed E-state index contributed by atoms with van der Waals surface area (Å²) in [4.78, 5) is 40.3. The number of sulfone groups is 1. The Balaban J connectivity index is 1.50. The molecule has 1 saturated heterocycles. The van der Waals surface area contributed by atoms with Gasteiger partial charge in [-0.25, -0.2) is 17.6 Å². The maximum absolute atomic E-state index is 16.4. The van der Waals surface area contributed by atoms with Crippen LogP contribution in [0.1, 0.15) is 20.8 Å². The number of aromatic nitrogens is 2. The van der Waals surface area contributed by atoms with Gasteiger partial charge in [-0.15, -0.1) is 0 Å². The van der Waals surface area contributed by atoms with E-state index < -0.39 is 39.4 Å². The molecule has 4 aromatic rings. The van der Waals surface area contributed by atoms with Crippen molar-refractivity contribution in [2.24, 2.45) is 0 Å². The lowest BCUT2D eigenvalue weighted by Gasteiger charge is -2.50. The van der Waals surface area contributed by atoms with Crippen molar-refractivity contribution in [1.82, 2.24) is 14.9 Å². The molecule has 0 spiro atoms. The second-order valence-electron chi connectivity index (χ2n) is 12.3. The average Bonchev–Trinajstić information content (AvgIpc) is 2.93. The number of pyridine rings is 2. The highest BCUT2D eigenvalue weighted by molar-refractivity contribution is 7.90. The Morgan fingerprint density at radius 1 is 1.11 bits per heavy atom. The van der Waals surface area contributed by atoms with Crippen LogP contribution in [0.2, 0.25) is 5.02 Å². The Labute approximate surface area is 259 Å². The van der Waals surface area contributed by atoms with Gasteiger partial charge in [0, 0.05) is 47.4 Å². The molecule has 2 aromatic heterocycles. The van der Waals surface area contributed by atoms with E-state index >= 15 is 4.39 Å². The van der Waals surface area contributed by atoms with Gasteiger partial charge in [0.1, 0.15) is 32.7 Å². The van der Waals surface area contributed by atoms with Gasteiger partial charge in [-0.05, 0) is 32.2 Å². The average molecular weight is 640 g/mol. The van der Waals surface area contributed by atoms with E-state index in [1.807, 2.05) is 18.2 Å². The summed E-state index contributed by atoms with van der Waals surface area (Å²) in [7, 11) is -1.96. The first-order chi connectivity index (χ1) is 20.6. The molecule has 0 unspecified atom stereocenters. The summed E-state index contributed by atoms with van der Waals surface area (Å²) in [6, 6.07) is 9.16. The van der Waals surface area contributed by atoms with Crippen LogP contribution in [0, 0.1) is 5.82 Å². The second-order valence-corrected chi connectivity index (χ2v) is 14.9. The normalized spacial score (nSPS) is 18.9. The standard InChI is InChI=1S/C31H31ClFN5O5S/c1-31(2,3)43-30(40)37-15-23-29(39)36(4)22-13-35-27-20(28(22)38(23)14-18(37)16-44(5,41)42)12-34-26(25(27)33)19-10-6-8-17-9-7-11-21(32)24(17)19/h6-13,18,23H,14-16H2,1-5H3/t18-,23+/m1/s1. The Kier molecular flexibility index (Phi) is 7.20. The van der Waals surface area contributed by atoms with Gasteiger partial charge in [0.05, 0.1) is 35.9 Å². The lowest BCUT2D eigenvalue weighted by molar-refractivity contribution is -0.121. The zero-order chi connectivity index (χ0) is 31.7. The van der Waals surface area contributed by atoms with Crippen molar-refractivity contribution in [3.8, 4) is 11.3 Å². The monoisotopic (exact) mass is 639 g/mol. The largest absolute Gasteiger partial charge is 0.444 e. The predicted octanol–water partition coefficient (Wildman–Crippen LogP) is 5.06. The second kappa shape index (κ2) is 10.6. The molecule has 2 aliphatic rings. The van der Waals surface area contributed by atoms with Crippen LogP contribution in [-0.4, -0.2) is 85.1 Å². The number of nitrogens with zero attached hydrogens (tertiary/aromatic N) is 5. The first-order valence-electron chi connectivity index (χ1n) is 14.0. The molecular formula is C31H31ClFN5O5S. The van der Waals surface area contributed by atoms with Crippen LogP contribution in [0.25, 0.3) is 32.9 Å². The van der Waals surface area contributed by atoms with Crippen LogP contribution in [0.4, 0.5) is 20.6 Å². The molecule has 2 atom stereocenters. The van der Waals surface area contributed by atoms with Crippen molar-refractivity contribution < 1.29 is 27.1 Å². The fraction of sp³-hybridized carbons (Fsp3) is 0.355. The lowest BCUT2D eigenvalue weighted by atomic mass is 9.98. The van der Waals surface area contributed by atoms with E-state index in [-0.39, 0.29) is 36.0 Å². The van der Waals surface area contributed by atoms with Gasteiger partial charge in [0.25, 0.3) is 5.91 Å². The van der Waals surface area contributed by atoms with E-state index in [2.05, 4.69) is 9.97 Å². The SMILES string of the molecule is CN1C(=O)[C@@H]2CN(C(=O)OC(C)(C)C)[C@@H](CS(C)(=O)=O)CN2c2c1cnc1c(F)c(-c3cccc4cccc(Cl)c34)ncc21. The van der Waals surface area contributed by atoms with Crippen LogP contribution in [0.15, 0.2) is 48.8 Å². The van der Waals surface area contributed by atoms with Gasteiger partial charge >= 0.3 is 6.09 Å². The van der Waals surface area contributed by atoms with Crippen LogP contribution in [0.3, 0.4) is 0 Å². The molecular weight excluding hydrogens is 609 g/mol. The fourth-order valence-electron chi connectivity index (χ4n) is 6.05. The highest BCUT2D eigenvalue weighted by Gasteiger charge is 2.47. The predicted molar refractivity (Wildman–Crippen MR) is 168 cm³/mol. The number of carbonyl (C=O) groups is 2. The summed E-state index contributed by atoms with van der Waals surface area (Å²) in [5.41, 5.74) is 0.694. The van der Waals surface area contributed by atoms with Gasteiger partial charge in [0.2, 0.25) is 0 Å². The van der Waals surface area contributed by atoms with Crippen molar-refractivity contribution in [3.05, 3.63) is 59.6 Å². The quantitative estimate of drug-likeness (QED) is 0.306. The summed E-state index contributed by atoms with van der Waals surface area (Å²) in [5.74, 6) is -1.33. The molecule has 6 rings (SSSR count). The number of carbonyl (C=O) groups excluding carboxylic acids is 2. The van der Waals surface area contributed by atoms with E-state index in [0.29, 0.717) is 32.7 Å². The number of benzene rings is 2.